The van der Waals surface area contributed by atoms with E-state index < -0.39 is 0 Å². The van der Waals surface area contributed by atoms with E-state index in [1.54, 1.807) is 0 Å². The fourth-order valence-electron chi connectivity index (χ4n) is 4.07. The molecule has 7 heteroatoms. The molecule has 3 aromatic rings. The third-order valence-corrected chi connectivity index (χ3v) is 6.16. The largest absolute Gasteiger partial charge is 2.00 e. The number of halogens is 2. The van der Waals surface area contributed by atoms with Gasteiger partial charge < -0.3 is 39.6 Å². The van der Waals surface area contributed by atoms with E-state index in [1.165, 1.54) is 55.2 Å². The summed E-state index contributed by atoms with van der Waals surface area (Å²) in [7, 11) is 0. The maximum absolute atomic E-state index is 5.07. The van der Waals surface area contributed by atoms with Crippen molar-refractivity contribution >= 4 is 17.6 Å². The van der Waals surface area contributed by atoms with Crippen LogP contribution in [-0.2, 0) is 16.0 Å². The molecule has 4 nitrogen and oxygen atoms in total. The molecule has 2 heterocycles. The zero-order valence-corrected chi connectivity index (χ0v) is 26.9. The van der Waals surface area contributed by atoms with Crippen molar-refractivity contribution < 1.29 is 74.2 Å². The molecule has 3 aromatic carbocycles. The molecule has 0 aromatic heterocycles. The van der Waals surface area contributed by atoms with Crippen LogP contribution in [0.4, 0.5) is 11.4 Å². The van der Waals surface area contributed by atoms with Crippen molar-refractivity contribution in [1.82, 2.24) is 0 Å². The third kappa shape index (κ3) is 16.1. The van der Waals surface area contributed by atoms with Gasteiger partial charge in [0.05, 0.1) is 5.69 Å². The molecule has 2 saturated heterocycles. The van der Waals surface area contributed by atoms with E-state index in [2.05, 4.69) is 78.8 Å². The van der Waals surface area contributed by atoms with Crippen LogP contribution in [0.2, 0.25) is 0 Å². The maximum Gasteiger partial charge on any atom is 2.00 e. The SMILES string of the molecule is C1CCOCC1.C1CCOCC1.Cc1cccc(C)c1N=Cc1cccc(CNc2ccccc2)c1.[Cl-].[Cl-].[Gd+2]. The number of rotatable bonds is 5. The first-order valence-electron chi connectivity index (χ1n) is 13.4. The summed E-state index contributed by atoms with van der Waals surface area (Å²) in [5, 5.41) is 3.44. The van der Waals surface area contributed by atoms with Gasteiger partial charge in [0.15, 0.2) is 0 Å². The molecule has 2 fully saturated rings. The molecule has 0 radical (unpaired) electrons. The second-order valence-electron chi connectivity index (χ2n) is 9.31. The Morgan fingerprint density at radius 1 is 0.692 bits per heavy atom. The van der Waals surface area contributed by atoms with E-state index in [1.807, 2.05) is 24.4 Å². The number of nitrogens with one attached hydrogen (secondary N) is 1. The van der Waals surface area contributed by atoms with Crippen LogP contribution in [0, 0.1) is 53.8 Å². The van der Waals surface area contributed by atoms with Crippen molar-refractivity contribution in [3.05, 3.63) is 95.1 Å². The summed E-state index contributed by atoms with van der Waals surface area (Å²) in [6.45, 7) is 8.99. The molecule has 1 N–H and O–H groups in total. The maximum atomic E-state index is 5.07. The van der Waals surface area contributed by atoms with Gasteiger partial charge in [-0.15, -0.1) is 0 Å². The van der Waals surface area contributed by atoms with Gasteiger partial charge in [0, 0.05) is 44.9 Å². The van der Waals surface area contributed by atoms with Gasteiger partial charge in [-0.1, -0.05) is 54.6 Å². The second-order valence-corrected chi connectivity index (χ2v) is 9.31. The van der Waals surface area contributed by atoms with E-state index in [4.69, 9.17) is 9.47 Å². The standard InChI is InChI=1S/C22H22N2.2C5H10O.2ClH.Gd/c1-17-8-6-9-18(2)22(17)24-16-20-11-7-10-19(14-20)15-23-21-12-4-3-5-13-21;2*1-2-4-6-5-3-1;;;/h3-14,16,23H,15H2,1-2H3;2*1-5H2;2*1H;/q;;;;;+2/p-2. The molecule has 0 spiro atoms. The summed E-state index contributed by atoms with van der Waals surface area (Å²) >= 11 is 0. The Hall–Kier alpha value is -1.05. The first-order valence-corrected chi connectivity index (χ1v) is 13.4. The topological polar surface area (TPSA) is 42.9 Å². The van der Waals surface area contributed by atoms with Crippen molar-refractivity contribution in [2.24, 2.45) is 4.99 Å². The molecule has 5 rings (SSSR count). The first kappa shape index (κ1) is 38.0. The van der Waals surface area contributed by atoms with Crippen molar-refractivity contribution in [1.29, 1.82) is 0 Å². The van der Waals surface area contributed by atoms with Crippen LogP contribution < -0.4 is 30.1 Å². The summed E-state index contributed by atoms with van der Waals surface area (Å²) in [6, 6.07) is 25.0. The summed E-state index contributed by atoms with van der Waals surface area (Å²) in [5.41, 5.74) is 6.95. The molecule has 0 aliphatic carbocycles. The summed E-state index contributed by atoms with van der Waals surface area (Å²) in [5.74, 6) is 0. The van der Waals surface area contributed by atoms with E-state index in [9.17, 15) is 0 Å². The van der Waals surface area contributed by atoms with E-state index in [-0.39, 0.29) is 64.8 Å². The minimum atomic E-state index is 0. The van der Waals surface area contributed by atoms with E-state index >= 15 is 0 Å². The molecule has 0 saturated carbocycles. The van der Waals surface area contributed by atoms with Crippen LogP contribution in [0.5, 0.6) is 0 Å². The number of nitrogens with zero attached hydrogens (tertiary/aromatic N) is 1. The van der Waals surface area contributed by atoms with Gasteiger partial charge in [-0.2, -0.15) is 0 Å². The zero-order valence-electron chi connectivity index (χ0n) is 23.2. The minimum Gasteiger partial charge on any atom is -1.00 e. The van der Waals surface area contributed by atoms with Gasteiger partial charge >= 0.3 is 39.9 Å². The van der Waals surface area contributed by atoms with E-state index in [0.29, 0.717) is 0 Å². The van der Waals surface area contributed by atoms with Gasteiger partial charge in [-0.05, 0) is 92.8 Å². The number of benzene rings is 3. The predicted octanol–water partition coefficient (Wildman–Crippen LogP) is 2.05. The quantitative estimate of drug-likeness (QED) is 0.412. The van der Waals surface area contributed by atoms with Crippen LogP contribution in [0.25, 0.3) is 0 Å². The molecular weight excluding hydrogens is 673 g/mol. The van der Waals surface area contributed by atoms with Gasteiger partial charge in [-0.3, -0.25) is 4.99 Å². The molecule has 0 atom stereocenters. The average Bonchev–Trinajstić information content (AvgIpc) is 2.95. The number of aliphatic imine (C=N–C) groups is 1. The van der Waals surface area contributed by atoms with Crippen molar-refractivity contribution in [3.8, 4) is 0 Å². The van der Waals surface area contributed by atoms with Gasteiger partial charge in [0.1, 0.15) is 0 Å². The molecule has 214 valence electrons. The predicted molar refractivity (Wildman–Crippen MR) is 153 cm³/mol. The Morgan fingerprint density at radius 3 is 1.72 bits per heavy atom. The zero-order chi connectivity index (χ0) is 25.3. The van der Waals surface area contributed by atoms with Crippen LogP contribution in [0.3, 0.4) is 0 Å². The Bertz CT molecular complexity index is 988. The summed E-state index contributed by atoms with van der Waals surface area (Å²) in [6.07, 6.45) is 9.81. The van der Waals surface area contributed by atoms with Crippen LogP contribution in [0.1, 0.15) is 60.8 Å². The van der Waals surface area contributed by atoms with Crippen LogP contribution >= 0.6 is 0 Å². The van der Waals surface area contributed by atoms with Crippen LogP contribution in [0.15, 0.2) is 77.8 Å². The fraction of sp³-hybridized carbons (Fsp3) is 0.406. The Kier molecular flexibility index (Phi) is 23.0. The number of ether oxygens (including phenoxy) is 2. The monoisotopic (exact) mass is 714 g/mol. The number of hydrogen-bond acceptors (Lipinski definition) is 4. The normalized spacial score (nSPS) is 14.1. The summed E-state index contributed by atoms with van der Waals surface area (Å²) < 4.78 is 10.1. The molecule has 0 amide bonds. The Balaban J connectivity index is 0.000000797. The van der Waals surface area contributed by atoms with Crippen molar-refractivity contribution in [2.45, 2.75) is 58.9 Å². The second kappa shape index (κ2) is 23.6. The molecule has 2 aliphatic rings. The van der Waals surface area contributed by atoms with Crippen molar-refractivity contribution in [3.63, 3.8) is 0 Å². The number of hydrogen-bond donors (Lipinski definition) is 1. The minimum absolute atomic E-state index is 0. The van der Waals surface area contributed by atoms with Gasteiger partial charge in [0.25, 0.3) is 0 Å². The Morgan fingerprint density at radius 2 is 1.23 bits per heavy atom. The Labute approximate surface area is 280 Å². The smallest absolute Gasteiger partial charge is 1.00 e. The first-order chi connectivity index (χ1) is 17.7. The summed E-state index contributed by atoms with van der Waals surface area (Å²) in [4.78, 5) is 4.69. The number of aryl methyl sites for hydroxylation is 2. The van der Waals surface area contributed by atoms with Gasteiger partial charge in [-0.25, -0.2) is 0 Å². The van der Waals surface area contributed by atoms with E-state index in [0.717, 1.165) is 49.9 Å². The fourth-order valence-corrected chi connectivity index (χ4v) is 4.07. The molecule has 39 heavy (non-hydrogen) atoms. The molecule has 0 bridgehead atoms. The third-order valence-electron chi connectivity index (χ3n) is 6.16. The van der Waals surface area contributed by atoms with Gasteiger partial charge in [0.2, 0.25) is 0 Å². The van der Waals surface area contributed by atoms with Crippen LogP contribution in [-0.4, -0.2) is 32.6 Å². The molecule has 0 unspecified atom stereocenters. The number of anilines is 1. The average molecular weight is 715 g/mol. The number of para-hydroxylation sites is 2. The van der Waals surface area contributed by atoms with Crippen molar-refractivity contribution in [2.75, 3.05) is 31.7 Å². The molecular formula is C32H42Cl2GdN2O2. The molecule has 2 aliphatic heterocycles.